The Morgan fingerprint density at radius 2 is 1.78 bits per heavy atom. The van der Waals surface area contributed by atoms with E-state index in [0.717, 1.165) is 83.0 Å². The van der Waals surface area contributed by atoms with E-state index >= 15 is 0 Å². The fourth-order valence-corrected chi connectivity index (χ4v) is 5.28. The van der Waals surface area contributed by atoms with E-state index in [0.29, 0.717) is 12.5 Å². The van der Waals surface area contributed by atoms with Crippen LogP contribution in [0.5, 0.6) is 5.75 Å². The van der Waals surface area contributed by atoms with Crippen molar-refractivity contribution in [3.8, 4) is 5.75 Å². The van der Waals surface area contributed by atoms with E-state index in [1.54, 1.807) is 12.1 Å². The van der Waals surface area contributed by atoms with Crippen LogP contribution in [0.2, 0.25) is 0 Å². The predicted molar refractivity (Wildman–Crippen MR) is 122 cm³/mol. The number of ether oxygens (including phenoxy) is 1. The molecular formula is C26H32FN3O2. The fraction of sp³-hybridized carbons (Fsp3) is 0.500. The van der Waals surface area contributed by atoms with Crippen LogP contribution in [0.15, 0.2) is 42.5 Å². The minimum atomic E-state index is -0.196. The zero-order chi connectivity index (χ0) is 21.9. The van der Waals surface area contributed by atoms with Gasteiger partial charge in [-0.05, 0) is 54.3 Å². The quantitative estimate of drug-likeness (QED) is 0.719. The number of halogens is 1. The lowest BCUT2D eigenvalue weighted by atomic mass is 9.95. The third-order valence-electron chi connectivity index (χ3n) is 6.99. The minimum absolute atomic E-state index is 0.0561. The number of piperidine rings is 1. The minimum Gasteiger partial charge on any atom is -0.493 e. The van der Waals surface area contributed by atoms with Crippen LogP contribution < -0.4 is 4.74 Å². The summed E-state index contributed by atoms with van der Waals surface area (Å²) in [5.74, 6) is 1.19. The largest absolute Gasteiger partial charge is 0.493 e. The Balaban J connectivity index is 1.11. The van der Waals surface area contributed by atoms with Crippen molar-refractivity contribution in [2.24, 2.45) is 5.92 Å². The molecule has 5 rings (SSSR count). The molecular weight excluding hydrogens is 405 g/mol. The van der Waals surface area contributed by atoms with E-state index in [1.165, 1.54) is 17.2 Å². The lowest BCUT2D eigenvalue weighted by Crippen LogP contribution is -2.52. The molecule has 0 spiro atoms. The van der Waals surface area contributed by atoms with E-state index < -0.39 is 0 Å². The van der Waals surface area contributed by atoms with Crippen molar-refractivity contribution in [3.63, 3.8) is 0 Å². The fourth-order valence-electron chi connectivity index (χ4n) is 5.28. The number of carbonyl (C=O) groups is 1. The van der Waals surface area contributed by atoms with Gasteiger partial charge in [0.1, 0.15) is 11.6 Å². The number of likely N-dealkylation sites (tertiary alicyclic amines) is 1. The maximum Gasteiger partial charge on any atom is 0.227 e. The first-order valence-electron chi connectivity index (χ1n) is 11.9. The van der Waals surface area contributed by atoms with Crippen LogP contribution in [0, 0.1) is 11.7 Å². The molecule has 0 saturated carbocycles. The Hall–Kier alpha value is -2.44. The van der Waals surface area contributed by atoms with Gasteiger partial charge in [-0.15, -0.1) is 0 Å². The summed E-state index contributed by atoms with van der Waals surface area (Å²) in [6, 6.07) is 13.3. The highest BCUT2D eigenvalue weighted by atomic mass is 19.1. The van der Waals surface area contributed by atoms with Gasteiger partial charge in [-0.1, -0.05) is 24.3 Å². The molecule has 2 fully saturated rings. The third-order valence-corrected chi connectivity index (χ3v) is 6.99. The number of piperazine rings is 1. The van der Waals surface area contributed by atoms with Gasteiger partial charge in [-0.3, -0.25) is 14.6 Å². The van der Waals surface area contributed by atoms with Crippen molar-refractivity contribution in [1.29, 1.82) is 0 Å². The molecule has 32 heavy (non-hydrogen) atoms. The van der Waals surface area contributed by atoms with E-state index in [1.807, 2.05) is 6.07 Å². The van der Waals surface area contributed by atoms with Gasteiger partial charge in [0.25, 0.3) is 0 Å². The average Bonchev–Trinajstić information content (AvgIpc) is 3.27. The lowest BCUT2D eigenvalue weighted by molar-refractivity contribution is -0.139. The third kappa shape index (κ3) is 4.97. The monoisotopic (exact) mass is 437 g/mol. The van der Waals surface area contributed by atoms with Gasteiger partial charge in [-0.25, -0.2) is 4.39 Å². The molecule has 3 heterocycles. The number of rotatable bonds is 5. The number of hydrogen-bond donors (Lipinski definition) is 0. The van der Waals surface area contributed by atoms with Crippen LogP contribution >= 0.6 is 0 Å². The molecule has 2 aromatic carbocycles. The van der Waals surface area contributed by atoms with E-state index in [2.05, 4.69) is 32.9 Å². The van der Waals surface area contributed by atoms with Crippen LogP contribution in [0.25, 0.3) is 0 Å². The summed E-state index contributed by atoms with van der Waals surface area (Å²) in [7, 11) is 0. The topological polar surface area (TPSA) is 36.0 Å². The van der Waals surface area contributed by atoms with Crippen LogP contribution in [0.3, 0.4) is 0 Å². The number of benzene rings is 2. The predicted octanol–water partition coefficient (Wildman–Crippen LogP) is 3.32. The molecule has 170 valence electrons. The number of amides is 1. The van der Waals surface area contributed by atoms with Gasteiger partial charge in [0.05, 0.1) is 12.5 Å². The molecule has 0 radical (unpaired) electrons. The van der Waals surface area contributed by atoms with Crippen molar-refractivity contribution in [1.82, 2.24) is 14.7 Å². The van der Waals surface area contributed by atoms with E-state index in [-0.39, 0.29) is 11.7 Å². The van der Waals surface area contributed by atoms with Crippen molar-refractivity contribution in [2.45, 2.75) is 32.4 Å². The van der Waals surface area contributed by atoms with Crippen molar-refractivity contribution in [3.05, 3.63) is 65.0 Å². The first-order chi connectivity index (χ1) is 15.6. The molecule has 1 atom stereocenters. The van der Waals surface area contributed by atoms with Crippen molar-refractivity contribution in [2.75, 3.05) is 45.9 Å². The second-order valence-electron chi connectivity index (χ2n) is 9.35. The summed E-state index contributed by atoms with van der Waals surface area (Å²) >= 11 is 0. The first-order valence-corrected chi connectivity index (χ1v) is 11.9. The molecule has 2 saturated heterocycles. The zero-order valence-corrected chi connectivity index (χ0v) is 18.6. The highest BCUT2D eigenvalue weighted by molar-refractivity contribution is 5.79. The Kier molecular flexibility index (Phi) is 6.42. The lowest BCUT2D eigenvalue weighted by Gasteiger charge is -2.39. The Labute approximate surface area is 189 Å². The number of hydrogen-bond acceptors (Lipinski definition) is 4. The molecule has 0 N–H and O–H groups in total. The van der Waals surface area contributed by atoms with Gasteiger partial charge in [0.15, 0.2) is 0 Å². The summed E-state index contributed by atoms with van der Waals surface area (Å²) < 4.78 is 19.1. The van der Waals surface area contributed by atoms with Crippen molar-refractivity contribution < 1.29 is 13.9 Å². The summed E-state index contributed by atoms with van der Waals surface area (Å²) in [4.78, 5) is 20.0. The summed E-state index contributed by atoms with van der Waals surface area (Å²) in [6.07, 6.45) is 2.98. The number of carbonyl (C=O) groups excluding carboxylic acids is 1. The van der Waals surface area contributed by atoms with Crippen LogP contribution in [-0.2, 0) is 24.3 Å². The Morgan fingerprint density at radius 3 is 2.62 bits per heavy atom. The molecule has 1 amide bonds. The molecule has 0 bridgehead atoms. The standard InChI is InChI=1S/C26H32FN3O2/c27-24-5-1-3-20(16-24)18-29-9-2-4-23(19-29)26(31)30-12-10-28(11-13-30)17-21-6-7-25-22(15-21)8-14-32-25/h1,3,5-7,15-16,23H,2,4,8-14,17-19H2. The summed E-state index contributed by atoms with van der Waals surface area (Å²) in [5.41, 5.74) is 3.62. The van der Waals surface area contributed by atoms with Crippen molar-refractivity contribution >= 4 is 5.91 Å². The molecule has 0 aromatic heterocycles. The summed E-state index contributed by atoms with van der Waals surface area (Å²) in [5, 5.41) is 0. The molecule has 0 aliphatic carbocycles. The van der Waals surface area contributed by atoms with Crippen LogP contribution in [0.4, 0.5) is 4.39 Å². The van der Waals surface area contributed by atoms with E-state index in [9.17, 15) is 9.18 Å². The molecule has 1 unspecified atom stereocenters. The number of nitrogens with zero attached hydrogens (tertiary/aromatic N) is 3. The smallest absolute Gasteiger partial charge is 0.227 e. The molecule has 5 nitrogen and oxygen atoms in total. The molecule has 3 aliphatic rings. The van der Waals surface area contributed by atoms with Gasteiger partial charge in [-0.2, -0.15) is 0 Å². The Bertz CT molecular complexity index is 958. The highest BCUT2D eigenvalue weighted by Gasteiger charge is 2.31. The van der Waals surface area contributed by atoms with Gasteiger partial charge < -0.3 is 9.64 Å². The van der Waals surface area contributed by atoms with E-state index in [4.69, 9.17) is 4.74 Å². The second-order valence-corrected chi connectivity index (χ2v) is 9.35. The Morgan fingerprint density at radius 1 is 0.969 bits per heavy atom. The normalized spacial score (nSPS) is 21.9. The zero-order valence-electron chi connectivity index (χ0n) is 18.6. The van der Waals surface area contributed by atoms with Crippen LogP contribution in [-0.4, -0.2) is 66.5 Å². The second kappa shape index (κ2) is 9.59. The summed E-state index contributed by atoms with van der Waals surface area (Å²) in [6.45, 7) is 7.60. The van der Waals surface area contributed by atoms with Crippen LogP contribution in [0.1, 0.15) is 29.5 Å². The maximum atomic E-state index is 13.5. The molecule has 2 aromatic rings. The van der Waals surface area contributed by atoms with Gasteiger partial charge in [0, 0.05) is 52.2 Å². The first kappa shape index (κ1) is 21.4. The molecule has 6 heteroatoms. The SMILES string of the molecule is O=C(C1CCCN(Cc2cccc(F)c2)C1)N1CCN(Cc2ccc3c(c2)CCO3)CC1. The highest BCUT2D eigenvalue weighted by Crippen LogP contribution is 2.27. The van der Waals surface area contributed by atoms with Gasteiger partial charge in [0.2, 0.25) is 5.91 Å². The number of fused-ring (bicyclic) bond motifs is 1. The molecule has 3 aliphatic heterocycles. The van der Waals surface area contributed by atoms with Gasteiger partial charge >= 0.3 is 0 Å². The average molecular weight is 438 g/mol. The maximum absolute atomic E-state index is 13.5.